The molecule has 0 bridgehead atoms. The molecule has 0 saturated carbocycles. The van der Waals surface area contributed by atoms with Gasteiger partial charge in [0.15, 0.2) is 0 Å². The van der Waals surface area contributed by atoms with Crippen molar-refractivity contribution in [1.29, 1.82) is 0 Å². The Kier molecular flexibility index (Phi) is 4.92. The van der Waals surface area contributed by atoms with Gasteiger partial charge in [-0.25, -0.2) is 0 Å². The number of rotatable bonds is 2. The predicted molar refractivity (Wildman–Crippen MR) is 88.1 cm³/mol. The van der Waals surface area contributed by atoms with E-state index in [-0.39, 0.29) is 28.0 Å². The van der Waals surface area contributed by atoms with Gasteiger partial charge in [0.25, 0.3) is 0 Å². The minimum atomic E-state index is -5.73. The maximum absolute atomic E-state index is 14.2. The van der Waals surface area contributed by atoms with Crippen molar-refractivity contribution in [3.8, 4) is 11.5 Å². The highest BCUT2D eigenvalue weighted by Crippen LogP contribution is 2.58. The highest BCUT2D eigenvalue weighted by molar-refractivity contribution is 5.60. The van der Waals surface area contributed by atoms with E-state index in [0.717, 1.165) is 26.0 Å². The van der Waals surface area contributed by atoms with E-state index < -0.39 is 34.6 Å². The Labute approximate surface area is 152 Å². The number of phenolic OH excluding ortho intramolecular Hbond substituents is 2. The molecule has 0 amide bonds. The van der Waals surface area contributed by atoms with Crippen LogP contribution in [0.2, 0.25) is 0 Å². The molecule has 0 spiro atoms. The third-order valence-electron chi connectivity index (χ3n) is 5.11. The maximum atomic E-state index is 14.2. The Morgan fingerprint density at radius 1 is 0.630 bits per heavy atom. The summed E-state index contributed by atoms with van der Waals surface area (Å²) in [6.45, 7) is 4.80. The second kappa shape index (κ2) is 6.35. The summed E-state index contributed by atoms with van der Waals surface area (Å²) in [5, 5.41) is 19.4. The van der Waals surface area contributed by atoms with Gasteiger partial charge in [-0.2, -0.15) is 26.3 Å². The predicted octanol–water partition coefficient (Wildman–Crippen LogP) is 5.74. The van der Waals surface area contributed by atoms with Crippen LogP contribution in [0.5, 0.6) is 11.5 Å². The van der Waals surface area contributed by atoms with Gasteiger partial charge >= 0.3 is 12.4 Å². The van der Waals surface area contributed by atoms with Crippen molar-refractivity contribution in [2.45, 2.75) is 45.5 Å². The van der Waals surface area contributed by atoms with Crippen LogP contribution in [0, 0.1) is 27.7 Å². The first-order valence-corrected chi connectivity index (χ1v) is 7.90. The molecule has 0 saturated heterocycles. The lowest BCUT2D eigenvalue weighted by molar-refractivity contribution is -0.289. The average molecular weight is 392 g/mol. The fraction of sp³-hybridized carbons (Fsp3) is 0.368. The molecule has 2 rings (SSSR count). The number of halogens is 6. The summed E-state index contributed by atoms with van der Waals surface area (Å²) in [6.07, 6.45) is -11.5. The van der Waals surface area contributed by atoms with Gasteiger partial charge in [-0.05, 0) is 73.2 Å². The molecule has 0 aliphatic heterocycles. The van der Waals surface area contributed by atoms with Crippen LogP contribution >= 0.6 is 0 Å². The van der Waals surface area contributed by atoms with E-state index >= 15 is 0 Å². The van der Waals surface area contributed by atoms with Crippen LogP contribution < -0.4 is 0 Å². The molecule has 2 aromatic carbocycles. The van der Waals surface area contributed by atoms with Gasteiger partial charge in [-0.15, -0.1) is 0 Å². The highest BCUT2D eigenvalue weighted by Gasteiger charge is 2.73. The normalized spacial score (nSPS) is 13.1. The lowest BCUT2D eigenvalue weighted by atomic mass is 9.68. The number of hydrogen-bond acceptors (Lipinski definition) is 2. The largest absolute Gasteiger partial charge is 0.508 e. The molecule has 2 aromatic rings. The standard InChI is InChI=1S/C19H18F6O2/c1-9-11(3)16(27)12(4)10(2)15(9)17(18(20,21)22,19(23,24)25)13-5-7-14(26)8-6-13/h5-8,26-27H,1-4H3. The zero-order valence-electron chi connectivity index (χ0n) is 15.0. The lowest BCUT2D eigenvalue weighted by Gasteiger charge is -2.41. The van der Waals surface area contributed by atoms with Gasteiger partial charge < -0.3 is 10.2 Å². The van der Waals surface area contributed by atoms with Gasteiger partial charge in [-0.3, -0.25) is 0 Å². The molecule has 8 heteroatoms. The van der Waals surface area contributed by atoms with E-state index in [1.54, 1.807) is 0 Å². The van der Waals surface area contributed by atoms with Crippen molar-refractivity contribution >= 4 is 0 Å². The van der Waals surface area contributed by atoms with E-state index in [4.69, 9.17) is 0 Å². The van der Waals surface area contributed by atoms with Crippen LogP contribution in [0.15, 0.2) is 24.3 Å². The Morgan fingerprint density at radius 2 is 1.00 bits per heavy atom. The fourth-order valence-corrected chi connectivity index (χ4v) is 3.48. The summed E-state index contributed by atoms with van der Waals surface area (Å²) in [7, 11) is 0. The fourth-order valence-electron chi connectivity index (χ4n) is 3.48. The minimum Gasteiger partial charge on any atom is -0.508 e. The number of alkyl halides is 6. The zero-order valence-corrected chi connectivity index (χ0v) is 15.0. The molecule has 0 heterocycles. The first-order chi connectivity index (χ1) is 12.2. The van der Waals surface area contributed by atoms with E-state index in [1.165, 1.54) is 13.8 Å². The number of aromatic hydroxyl groups is 2. The second-order valence-corrected chi connectivity index (χ2v) is 6.52. The van der Waals surface area contributed by atoms with Crippen LogP contribution in [0.4, 0.5) is 26.3 Å². The van der Waals surface area contributed by atoms with Gasteiger partial charge in [0.05, 0.1) is 0 Å². The quantitative estimate of drug-likeness (QED) is 0.640. The van der Waals surface area contributed by atoms with Crippen LogP contribution in [0.3, 0.4) is 0 Å². The molecule has 0 aliphatic carbocycles. The van der Waals surface area contributed by atoms with Crippen molar-refractivity contribution in [3.63, 3.8) is 0 Å². The Bertz CT molecular complexity index is 821. The Morgan fingerprint density at radius 3 is 1.33 bits per heavy atom. The molecule has 0 atom stereocenters. The van der Waals surface area contributed by atoms with Gasteiger partial charge in [-0.1, -0.05) is 12.1 Å². The molecule has 27 heavy (non-hydrogen) atoms. The molecule has 0 unspecified atom stereocenters. The number of hydrogen-bond donors (Lipinski definition) is 2. The monoisotopic (exact) mass is 392 g/mol. The molecular weight excluding hydrogens is 374 g/mol. The molecule has 0 fully saturated rings. The van der Waals surface area contributed by atoms with Crippen LogP contribution in [0.1, 0.15) is 33.4 Å². The number of benzene rings is 2. The van der Waals surface area contributed by atoms with Crippen LogP contribution in [0.25, 0.3) is 0 Å². The highest BCUT2D eigenvalue weighted by atomic mass is 19.4. The maximum Gasteiger partial charge on any atom is 0.411 e. The molecular formula is C19H18F6O2. The smallest absolute Gasteiger partial charge is 0.411 e. The summed E-state index contributed by atoms with van der Waals surface area (Å²) in [6, 6.07) is 2.80. The summed E-state index contributed by atoms with van der Waals surface area (Å²) >= 11 is 0. The third-order valence-corrected chi connectivity index (χ3v) is 5.11. The van der Waals surface area contributed by atoms with Crippen LogP contribution in [-0.4, -0.2) is 22.6 Å². The van der Waals surface area contributed by atoms with E-state index in [2.05, 4.69) is 0 Å². The molecule has 0 aliphatic rings. The van der Waals surface area contributed by atoms with Crippen molar-refractivity contribution in [2.75, 3.05) is 0 Å². The molecule has 0 radical (unpaired) electrons. The topological polar surface area (TPSA) is 40.5 Å². The summed E-state index contributed by atoms with van der Waals surface area (Å²) in [5.74, 6) is -0.791. The summed E-state index contributed by atoms with van der Waals surface area (Å²) in [5.41, 5.74) is -7.02. The van der Waals surface area contributed by atoms with Crippen molar-refractivity contribution in [2.24, 2.45) is 0 Å². The zero-order chi connectivity index (χ0) is 20.9. The average Bonchev–Trinajstić information content (AvgIpc) is 2.54. The van der Waals surface area contributed by atoms with Crippen molar-refractivity contribution in [1.82, 2.24) is 0 Å². The van der Waals surface area contributed by atoms with Gasteiger partial charge in [0, 0.05) is 0 Å². The van der Waals surface area contributed by atoms with Crippen molar-refractivity contribution in [3.05, 3.63) is 57.6 Å². The van der Waals surface area contributed by atoms with E-state index in [9.17, 15) is 36.6 Å². The Hall–Kier alpha value is -2.38. The van der Waals surface area contributed by atoms with Crippen LogP contribution in [-0.2, 0) is 5.41 Å². The second-order valence-electron chi connectivity index (χ2n) is 6.52. The summed E-state index contributed by atoms with van der Waals surface area (Å²) in [4.78, 5) is 0. The molecule has 2 N–H and O–H groups in total. The minimum absolute atomic E-state index is 0.0512. The summed E-state index contributed by atoms with van der Waals surface area (Å²) < 4.78 is 85.3. The Balaban J connectivity index is 3.16. The molecule has 0 aromatic heterocycles. The lowest BCUT2D eigenvalue weighted by Crippen LogP contribution is -2.55. The SMILES string of the molecule is Cc1c(C)c(C(c2ccc(O)cc2)(C(F)(F)F)C(F)(F)F)c(C)c(C)c1O. The van der Waals surface area contributed by atoms with Crippen molar-refractivity contribution < 1.29 is 36.6 Å². The van der Waals surface area contributed by atoms with Gasteiger partial charge in [0.1, 0.15) is 11.5 Å². The molecule has 2 nitrogen and oxygen atoms in total. The molecule has 148 valence electrons. The first kappa shape index (κ1) is 20.9. The third kappa shape index (κ3) is 2.91. The number of phenols is 2. The van der Waals surface area contributed by atoms with Gasteiger partial charge in [0.2, 0.25) is 5.41 Å². The first-order valence-electron chi connectivity index (χ1n) is 7.90. The van der Waals surface area contributed by atoms with E-state index in [1.807, 2.05) is 0 Å². The van der Waals surface area contributed by atoms with E-state index in [0.29, 0.717) is 12.1 Å².